The Morgan fingerprint density at radius 3 is 2.47 bits per heavy atom. The first kappa shape index (κ1) is 20.0. The molecule has 0 radical (unpaired) electrons. The quantitative estimate of drug-likeness (QED) is 0.294. The van der Waals surface area contributed by atoms with E-state index in [0.717, 1.165) is 0 Å². The van der Waals surface area contributed by atoms with E-state index in [1.807, 2.05) is 13.8 Å². The van der Waals surface area contributed by atoms with Gasteiger partial charge >= 0.3 is 17.9 Å². The zero-order valence-corrected chi connectivity index (χ0v) is 17.8. The highest BCUT2D eigenvalue weighted by molar-refractivity contribution is 5.91. The molecule has 30 heavy (non-hydrogen) atoms. The third kappa shape index (κ3) is 2.62. The zero-order chi connectivity index (χ0) is 21.6. The Bertz CT molecular complexity index is 846. The number of rotatable bonds is 3. The molecule has 0 aromatic heterocycles. The summed E-state index contributed by atoms with van der Waals surface area (Å²) < 4.78 is 28.8. The highest BCUT2D eigenvalue weighted by Crippen LogP contribution is 2.64. The van der Waals surface area contributed by atoms with Gasteiger partial charge in [0.2, 0.25) is 0 Å². The predicted molar refractivity (Wildman–Crippen MR) is 101 cm³/mol. The number of carbonyl (C=O) groups is 3. The first-order valence-corrected chi connectivity index (χ1v) is 10.6. The fourth-order valence-corrected chi connectivity index (χ4v) is 6.20. The molecule has 5 rings (SSSR count). The normalized spacial score (nSPS) is 50.9. The van der Waals surface area contributed by atoms with Crippen molar-refractivity contribution in [3.63, 3.8) is 0 Å². The Kier molecular flexibility index (Phi) is 4.04. The molecule has 164 valence electrons. The van der Waals surface area contributed by atoms with Crippen molar-refractivity contribution >= 4 is 17.9 Å². The first-order valence-electron chi connectivity index (χ1n) is 10.6. The van der Waals surface area contributed by atoms with Crippen LogP contribution in [0.3, 0.4) is 0 Å². The van der Waals surface area contributed by atoms with Crippen molar-refractivity contribution in [1.82, 2.24) is 0 Å². The average molecular weight is 420 g/mol. The van der Waals surface area contributed by atoms with Gasteiger partial charge in [-0.05, 0) is 33.1 Å². The number of fused-ring (bicyclic) bond motifs is 3. The van der Waals surface area contributed by atoms with Crippen LogP contribution in [0.1, 0.15) is 47.0 Å². The summed E-state index contributed by atoms with van der Waals surface area (Å²) >= 11 is 0. The predicted octanol–water partition coefficient (Wildman–Crippen LogP) is 1.69. The van der Waals surface area contributed by atoms with E-state index >= 15 is 0 Å². The SMILES string of the molecule is C=C1C(=O)OC2CC3(C)C(OC(=O)C4(C)OC4C)CCC4(CO4)C3C(OC(C)=O)C12. The Balaban J connectivity index is 1.52. The maximum absolute atomic E-state index is 12.8. The molecule has 5 aliphatic rings. The van der Waals surface area contributed by atoms with E-state index < -0.39 is 52.8 Å². The van der Waals surface area contributed by atoms with Crippen LogP contribution in [-0.4, -0.2) is 60.1 Å². The molecule has 1 spiro atoms. The van der Waals surface area contributed by atoms with Crippen LogP contribution in [0.2, 0.25) is 0 Å². The average Bonchev–Trinajstić information content (AvgIpc) is 3.52. The summed E-state index contributed by atoms with van der Waals surface area (Å²) in [5.74, 6) is -1.93. The molecule has 0 N–H and O–H groups in total. The summed E-state index contributed by atoms with van der Waals surface area (Å²) in [6.07, 6.45) is 0.0970. The lowest BCUT2D eigenvalue weighted by Gasteiger charge is -2.56. The highest BCUT2D eigenvalue weighted by Gasteiger charge is 2.72. The molecule has 9 atom stereocenters. The number of hydrogen-bond donors (Lipinski definition) is 0. The third-order valence-corrected chi connectivity index (χ3v) is 8.10. The molecular weight excluding hydrogens is 392 g/mol. The van der Waals surface area contributed by atoms with Crippen molar-refractivity contribution in [3.05, 3.63) is 12.2 Å². The molecule has 3 saturated heterocycles. The van der Waals surface area contributed by atoms with Crippen LogP contribution in [-0.2, 0) is 38.1 Å². The van der Waals surface area contributed by atoms with E-state index in [4.69, 9.17) is 23.7 Å². The summed E-state index contributed by atoms with van der Waals surface area (Å²) in [4.78, 5) is 37.1. The van der Waals surface area contributed by atoms with E-state index in [2.05, 4.69) is 6.58 Å². The molecule has 0 aromatic carbocycles. The number of epoxide rings is 2. The summed E-state index contributed by atoms with van der Waals surface area (Å²) in [5, 5.41) is 0. The molecule has 0 aromatic rings. The van der Waals surface area contributed by atoms with Crippen LogP contribution < -0.4 is 0 Å². The number of carbonyl (C=O) groups excluding carboxylic acids is 3. The number of esters is 3. The Morgan fingerprint density at radius 1 is 1.23 bits per heavy atom. The second-order valence-corrected chi connectivity index (χ2v) is 9.91. The van der Waals surface area contributed by atoms with Crippen molar-refractivity contribution in [2.45, 2.75) is 82.6 Å². The van der Waals surface area contributed by atoms with E-state index in [0.29, 0.717) is 31.4 Å². The van der Waals surface area contributed by atoms with Gasteiger partial charge in [-0.15, -0.1) is 0 Å². The maximum atomic E-state index is 12.8. The van der Waals surface area contributed by atoms with Crippen LogP contribution >= 0.6 is 0 Å². The third-order valence-electron chi connectivity index (χ3n) is 8.10. The molecule has 8 heteroatoms. The minimum Gasteiger partial charge on any atom is -0.461 e. The van der Waals surface area contributed by atoms with Gasteiger partial charge in [0, 0.05) is 23.8 Å². The molecule has 3 aliphatic heterocycles. The minimum atomic E-state index is -0.919. The van der Waals surface area contributed by atoms with Crippen LogP contribution in [0.25, 0.3) is 0 Å². The Morgan fingerprint density at radius 2 is 1.90 bits per heavy atom. The number of hydrogen-bond acceptors (Lipinski definition) is 8. The lowest BCUT2D eigenvalue weighted by Crippen LogP contribution is -2.64. The van der Waals surface area contributed by atoms with Crippen molar-refractivity contribution in [2.75, 3.05) is 6.61 Å². The zero-order valence-electron chi connectivity index (χ0n) is 17.8. The lowest BCUT2D eigenvalue weighted by atomic mass is 9.51. The first-order chi connectivity index (χ1) is 14.0. The van der Waals surface area contributed by atoms with Gasteiger partial charge in [-0.2, -0.15) is 0 Å². The topological polar surface area (TPSA) is 104 Å². The maximum Gasteiger partial charge on any atom is 0.341 e. The van der Waals surface area contributed by atoms with Gasteiger partial charge in [0.15, 0.2) is 5.60 Å². The van der Waals surface area contributed by atoms with Gasteiger partial charge in [0.25, 0.3) is 0 Å². The van der Waals surface area contributed by atoms with Crippen LogP contribution in [0.4, 0.5) is 0 Å². The van der Waals surface area contributed by atoms with E-state index in [-0.39, 0.29) is 18.0 Å². The number of ether oxygens (including phenoxy) is 5. The Labute approximate surface area is 175 Å². The monoisotopic (exact) mass is 420 g/mol. The van der Waals surface area contributed by atoms with E-state index in [9.17, 15) is 14.4 Å². The van der Waals surface area contributed by atoms with Crippen molar-refractivity contribution in [2.24, 2.45) is 17.3 Å². The molecule has 0 bridgehead atoms. The summed E-state index contributed by atoms with van der Waals surface area (Å²) in [7, 11) is 0. The summed E-state index contributed by atoms with van der Waals surface area (Å²) in [6, 6.07) is 0. The minimum absolute atomic E-state index is 0.182. The van der Waals surface area contributed by atoms with E-state index in [1.165, 1.54) is 6.92 Å². The molecular formula is C22H28O8. The second kappa shape index (κ2) is 6.07. The van der Waals surface area contributed by atoms with Crippen LogP contribution in [0.15, 0.2) is 12.2 Å². The molecule has 2 aliphatic carbocycles. The van der Waals surface area contributed by atoms with Crippen molar-refractivity contribution in [3.8, 4) is 0 Å². The summed E-state index contributed by atoms with van der Waals surface area (Å²) in [6.45, 7) is 11.4. The van der Waals surface area contributed by atoms with Gasteiger partial charge in [0.05, 0.1) is 24.2 Å². The van der Waals surface area contributed by atoms with Gasteiger partial charge < -0.3 is 23.7 Å². The molecule has 9 unspecified atom stereocenters. The molecule has 0 amide bonds. The van der Waals surface area contributed by atoms with Crippen molar-refractivity contribution < 1.29 is 38.1 Å². The molecule has 8 nitrogen and oxygen atoms in total. The van der Waals surface area contributed by atoms with Gasteiger partial charge in [-0.3, -0.25) is 4.79 Å². The fourth-order valence-electron chi connectivity index (χ4n) is 6.20. The highest BCUT2D eigenvalue weighted by atomic mass is 16.7. The smallest absolute Gasteiger partial charge is 0.341 e. The van der Waals surface area contributed by atoms with E-state index in [1.54, 1.807) is 6.92 Å². The second-order valence-electron chi connectivity index (χ2n) is 9.91. The van der Waals surface area contributed by atoms with Gasteiger partial charge in [0.1, 0.15) is 18.3 Å². The van der Waals surface area contributed by atoms with Crippen LogP contribution in [0.5, 0.6) is 0 Å². The summed E-state index contributed by atoms with van der Waals surface area (Å²) in [5.41, 5.74) is -1.62. The molecule has 3 heterocycles. The van der Waals surface area contributed by atoms with Crippen molar-refractivity contribution in [1.29, 1.82) is 0 Å². The van der Waals surface area contributed by atoms with Gasteiger partial charge in [-0.25, -0.2) is 9.59 Å². The standard InChI is InChI=1S/C22H28O8/c1-10-15-13(28-18(10)24)8-20(4)14(29-19(25)21(5)11(2)30-21)6-7-22(9-26-22)17(20)16(15)27-12(3)23/h11,13-17H,1,6-9H2,2-5H3. The fraction of sp³-hybridized carbons (Fsp3) is 0.773. The lowest BCUT2D eigenvalue weighted by molar-refractivity contribution is -0.214. The van der Waals surface area contributed by atoms with Gasteiger partial charge in [-0.1, -0.05) is 13.5 Å². The Hall–Kier alpha value is -1.93. The largest absolute Gasteiger partial charge is 0.461 e. The van der Waals surface area contributed by atoms with Crippen LogP contribution in [0, 0.1) is 17.3 Å². The molecule has 2 saturated carbocycles. The molecule has 5 fully saturated rings.